The van der Waals surface area contributed by atoms with Gasteiger partial charge in [-0.25, -0.2) is 0 Å². The highest BCUT2D eigenvalue weighted by atomic mass is 32.1. The van der Waals surface area contributed by atoms with Crippen molar-refractivity contribution in [1.82, 2.24) is 0 Å². The molecule has 1 unspecified atom stereocenters. The molecule has 0 bridgehead atoms. The first-order chi connectivity index (χ1) is 6.29. The lowest BCUT2D eigenvalue weighted by molar-refractivity contribution is 0.202. The summed E-state index contributed by atoms with van der Waals surface area (Å²) in [6.07, 6.45) is 2.27. The smallest absolute Gasteiger partial charge is 0.324 e. The van der Waals surface area contributed by atoms with Crippen molar-refractivity contribution in [1.29, 1.82) is 0 Å². The van der Waals surface area contributed by atoms with Gasteiger partial charge in [-0.1, -0.05) is 13.3 Å². The zero-order valence-electron chi connectivity index (χ0n) is 8.95. The maximum absolute atomic E-state index is 5.67. The van der Waals surface area contributed by atoms with Crippen molar-refractivity contribution in [2.45, 2.75) is 39.2 Å². The predicted molar refractivity (Wildman–Crippen MR) is 62.9 cm³/mol. The molecule has 0 fully saturated rings. The Bertz CT molecular complexity index is 108. The van der Waals surface area contributed by atoms with Crippen molar-refractivity contribution in [3.05, 3.63) is 0 Å². The molecule has 0 aromatic carbocycles. The molecule has 0 saturated carbocycles. The molecule has 0 spiro atoms. The van der Waals surface area contributed by atoms with Gasteiger partial charge in [-0.05, 0) is 26.0 Å². The topological polar surface area (TPSA) is 18.5 Å². The minimum atomic E-state index is -1.42. The molecule has 0 N–H and O–H groups in total. The van der Waals surface area contributed by atoms with E-state index in [4.69, 9.17) is 8.85 Å². The van der Waals surface area contributed by atoms with Crippen LogP contribution in [0.4, 0.5) is 0 Å². The van der Waals surface area contributed by atoms with Crippen LogP contribution in [0.25, 0.3) is 0 Å². The van der Waals surface area contributed by atoms with Gasteiger partial charge in [0.15, 0.2) is 0 Å². The molecule has 0 amide bonds. The number of hydrogen-bond donors (Lipinski definition) is 1. The Morgan fingerprint density at radius 2 is 1.69 bits per heavy atom. The highest BCUT2D eigenvalue weighted by Gasteiger charge is 2.23. The van der Waals surface area contributed by atoms with E-state index in [0.29, 0.717) is 5.54 Å². The van der Waals surface area contributed by atoms with Crippen molar-refractivity contribution in [3.63, 3.8) is 0 Å². The second-order valence-corrected chi connectivity index (χ2v) is 5.75. The van der Waals surface area contributed by atoms with E-state index in [1.54, 1.807) is 0 Å². The number of rotatable bonds is 8. The SMILES string of the molecule is CCO[SiH](OCC)C(CC)CCS. The van der Waals surface area contributed by atoms with Gasteiger partial charge in [0, 0.05) is 18.8 Å². The third-order valence-corrected chi connectivity index (χ3v) is 5.23. The first-order valence-corrected chi connectivity index (χ1v) is 7.38. The van der Waals surface area contributed by atoms with Crippen LogP contribution < -0.4 is 0 Å². The monoisotopic (exact) mass is 222 g/mol. The lowest BCUT2D eigenvalue weighted by Gasteiger charge is -2.22. The van der Waals surface area contributed by atoms with Crippen molar-refractivity contribution in [3.8, 4) is 0 Å². The maximum Gasteiger partial charge on any atom is 0.324 e. The average molecular weight is 222 g/mol. The van der Waals surface area contributed by atoms with Crippen molar-refractivity contribution >= 4 is 21.9 Å². The molecule has 0 radical (unpaired) electrons. The van der Waals surface area contributed by atoms with E-state index in [1.165, 1.54) is 0 Å². The Labute approximate surface area is 89.3 Å². The fourth-order valence-electron chi connectivity index (χ4n) is 1.35. The molecule has 0 aromatic heterocycles. The van der Waals surface area contributed by atoms with Crippen LogP contribution in [0.1, 0.15) is 33.6 Å². The largest absolute Gasteiger partial charge is 0.397 e. The standard InChI is InChI=1S/C9H22O2SSi/c1-4-9(7-8-12)13(10-5-2)11-6-3/h9,12-13H,4-8H2,1-3H3. The van der Waals surface area contributed by atoms with Gasteiger partial charge in [0.05, 0.1) is 0 Å². The Morgan fingerprint density at radius 1 is 1.15 bits per heavy atom. The fourth-order valence-corrected chi connectivity index (χ4v) is 4.08. The van der Waals surface area contributed by atoms with Gasteiger partial charge < -0.3 is 8.85 Å². The molecule has 0 aliphatic carbocycles. The molecule has 13 heavy (non-hydrogen) atoms. The number of hydrogen-bond acceptors (Lipinski definition) is 3. The Hall–Kier alpha value is 0.487. The predicted octanol–water partition coefficient (Wildman–Crippen LogP) is 2.38. The molecule has 80 valence electrons. The molecule has 0 saturated heterocycles. The summed E-state index contributed by atoms with van der Waals surface area (Å²) in [6, 6.07) is 0. The third kappa shape index (κ3) is 5.73. The first kappa shape index (κ1) is 13.5. The zero-order valence-corrected chi connectivity index (χ0v) is 11.0. The van der Waals surface area contributed by atoms with E-state index in [2.05, 4.69) is 19.6 Å². The zero-order chi connectivity index (χ0) is 10.1. The Morgan fingerprint density at radius 3 is 2.00 bits per heavy atom. The summed E-state index contributed by atoms with van der Waals surface area (Å²) in [6.45, 7) is 7.82. The Balaban J connectivity index is 3.94. The van der Waals surface area contributed by atoms with E-state index in [-0.39, 0.29) is 0 Å². The van der Waals surface area contributed by atoms with Gasteiger partial charge in [0.2, 0.25) is 0 Å². The normalized spacial score (nSPS) is 13.6. The van der Waals surface area contributed by atoms with E-state index < -0.39 is 9.28 Å². The van der Waals surface area contributed by atoms with Gasteiger partial charge in [-0.3, -0.25) is 0 Å². The first-order valence-electron chi connectivity index (χ1n) is 5.14. The van der Waals surface area contributed by atoms with Gasteiger partial charge >= 0.3 is 9.28 Å². The lowest BCUT2D eigenvalue weighted by atomic mass is 10.3. The molecule has 2 nitrogen and oxygen atoms in total. The summed E-state index contributed by atoms with van der Waals surface area (Å²) in [7, 11) is -1.42. The summed E-state index contributed by atoms with van der Waals surface area (Å²) in [5.41, 5.74) is 0.623. The minimum Gasteiger partial charge on any atom is -0.397 e. The molecule has 0 heterocycles. The van der Waals surface area contributed by atoms with Crippen LogP contribution in [0.2, 0.25) is 5.54 Å². The highest BCUT2D eigenvalue weighted by Crippen LogP contribution is 2.21. The van der Waals surface area contributed by atoms with E-state index >= 15 is 0 Å². The van der Waals surface area contributed by atoms with Gasteiger partial charge in [0.25, 0.3) is 0 Å². The molecular formula is C9H22O2SSi. The highest BCUT2D eigenvalue weighted by molar-refractivity contribution is 7.80. The second-order valence-electron chi connectivity index (χ2n) is 2.96. The van der Waals surface area contributed by atoms with Gasteiger partial charge in [0.1, 0.15) is 0 Å². The van der Waals surface area contributed by atoms with Crippen LogP contribution in [-0.2, 0) is 8.85 Å². The van der Waals surface area contributed by atoms with E-state index in [9.17, 15) is 0 Å². The van der Waals surface area contributed by atoms with Gasteiger partial charge in [-0.15, -0.1) is 0 Å². The second kappa shape index (κ2) is 9.06. The van der Waals surface area contributed by atoms with Crippen LogP contribution in [-0.4, -0.2) is 28.3 Å². The molecule has 0 aliphatic heterocycles. The van der Waals surface area contributed by atoms with E-state index in [0.717, 1.165) is 31.8 Å². The summed E-state index contributed by atoms with van der Waals surface area (Å²) >= 11 is 4.26. The van der Waals surface area contributed by atoms with Crippen LogP contribution in [0.3, 0.4) is 0 Å². The third-order valence-electron chi connectivity index (χ3n) is 2.07. The summed E-state index contributed by atoms with van der Waals surface area (Å²) in [5.74, 6) is 0.933. The van der Waals surface area contributed by atoms with Crippen LogP contribution in [0, 0.1) is 0 Å². The van der Waals surface area contributed by atoms with Crippen LogP contribution in [0.5, 0.6) is 0 Å². The minimum absolute atomic E-state index is 0.623. The average Bonchev–Trinajstić information content (AvgIpc) is 2.14. The molecule has 1 atom stereocenters. The van der Waals surface area contributed by atoms with Crippen LogP contribution >= 0.6 is 12.6 Å². The summed E-state index contributed by atoms with van der Waals surface area (Å²) in [5, 5.41) is 0. The van der Waals surface area contributed by atoms with E-state index in [1.807, 2.05) is 13.8 Å². The van der Waals surface area contributed by atoms with Crippen molar-refractivity contribution in [2.75, 3.05) is 19.0 Å². The molecule has 0 aromatic rings. The summed E-state index contributed by atoms with van der Waals surface area (Å²) in [4.78, 5) is 0. The Kier molecular flexibility index (Phi) is 9.40. The summed E-state index contributed by atoms with van der Waals surface area (Å²) < 4.78 is 11.3. The molecule has 4 heteroatoms. The number of thiol groups is 1. The van der Waals surface area contributed by atoms with Crippen LogP contribution in [0.15, 0.2) is 0 Å². The van der Waals surface area contributed by atoms with Gasteiger partial charge in [-0.2, -0.15) is 12.6 Å². The van der Waals surface area contributed by atoms with Crippen molar-refractivity contribution < 1.29 is 8.85 Å². The fraction of sp³-hybridized carbons (Fsp3) is 1.00. The maximum atomic E-state index is 5.67. The van der Waals surface area contributed by atoms with Crippen molar-refractivity contribution in [2.24, 2.45) is 0 Å². The molecule has 0 rings (SSSR count). The molecule has 0 aliphatic rings. The molecular weight excluding hydrogens is 200 g/mol. The lowest BCUT2D eigenvalue weighted by Crippen LogP contribution is -2.29. The quantitative estimate of drug-likeness (QED) is 0.502.